The Labute approximate surface area is 150 Å². The number of hydrogen-bond acceptors (Lipinski definition) is 3. The quantitative estimate of drug-likeness (QED) is 0.634. The van der Waals surface area contributed by atoms with Crippen LogP contribution in [0, 0.1) is 6.92 Å². The number of fused-ring (bicyclic) bond motifs is 1. The van der Waals surface area contributed by atoms with Crippen molar-refractivity contribution < 1.29 is 39.5 Å². The third-order valence-corrected chi connectivity index (χ3v) is 3.68. The predicted octanol–water partition coefficient (Wildman–Crippen LogP) is 0.193. The zero-order valence-electron chi connectivity index (χ0n) is 12.2. The molecule has 0 radical (unpaired) electrons. The molecule has 0 aliphatic heterocycles. The van der Waals surface area contributed by atoms with Gasteiger partial charge in [-0.1, -0.05) is 48.5 Å². The van der Waals surface area contributed by atoms with E-state index < -0.39 is 5.97 Å². The van der Waals surface area contributed by atoms with Crippen LogP contribution in [0.4, 0.5) is 0 Å². The molecule has 0 bridgehead atoms. The Morgan fingerprint density at radius 3 is 2.33 bits per heavy atom. The topological polar surface area (TPSA) is 40.1 Å². The molecular weight excluding hydrogens is 291 g/mol. The van der Waals surface area contributed by atoms with Crippen LogP contribution in [-0.2, 0) is 11.2 Å². The SMILES string of the molecule is Cc1cccs1.O=C([O-])Cc1cccc2ccccc12.[Na+]. The van der Waals surface area contributed by atoms with E-state index in [9.17, 15) is 9.90 Å². The fourth-order valence-corrected chi connectivity index (χ4v) is 2.49. The summed E-state index contributed by atoms with van der Waals surface area (Å²) in [5.41, 5.74) is 0.808. The van der Waals surface area contributed by atoms with Crippen molar-refractivity contribution in [2.24, 2.45) is 0 Å². The van der Waals surface area contributed by atoms with Gasteiger partial charge in [-0.25, -0.2) is 0 Å². The van der Waals surface area contributed by atoms with E-state index in [-0.39, 0.29) is 36.0 Å². The first-order valence-electron chi connectivity index (χ1n) is 6.33. The van der Waals surface area contributed by atoms with Gasteiger partial charge in [-0.3, -0.25) is 0 Å². The second kappa shape index (κ2) is 9.00. The van der Waals surface area contributed by atoms with Crippen molar-refractivity contribution in [3.05, 3.63) is 70.4 Å². The molecular formula is C17H15NaO2S. The molecule has 0 spiro atoms. The van der Waals surface area contributed by atoms with Crippen LogP contribution < -0.4 is 34.7 Å². The maximum Gasteiger partial charge on any atom is 1.00 e. The minimum atomic E-state index is -1.04. The van der Waals surface area contributed by atoms with Crippen molar-refractivity contribution in [3.63, 3.8) is 0 Å². The van der Waals surface area contributed by atoms with Gasteiger partial charge in [0.25, 0.3) is 0 Å². The molecule has 2 nitrogen and oxygen atoms in total. The van der Waals surface area contributed by atoms with E-state index in [1.54, 1.807) is 11.3 Å². The Morgan fingerprint density at radius 1 is 1.05 bits per heavy atom. The molecule has 0 N–H and O–H groups in total. The number of aliphatic carboxylic acids is 1. The van der Waals surface area contributed by atoms with E-state index in [0.717, 1.165) is 16.3 Å². The zero-order valence-corrected chi connectivity index (χ0v) is 15.0. The van der Waals surface area contributed by atoms with Gasteiger partial charge < -0.3 is 9.90 Å². The van der Waals surface area contributed by atoms with Crippen LogP contribution in [0.25, 0.3) is 10.8 Å². The normalized spacial score (nSPS) is 9.38. The Balaban J connectivity index is 0.000000267. The van der Waals surface area contributed by atoms with Gasteiger partial charge in [-0.15, -0.1) is 11.3 Å². The first-order chi connectivity index (χ1) is 9.66. The number of carbonyl (C=O) groups excluding carboxylic acids is 1. The van der Waals surface area contributed by atoms with E-state index in [4.69, 9.17) is 0 Å². The number of carboxylic acid groups (broad SMARTS) is 1. The molecule has 1 heterocycles. The second-order valence-corrected chi connectivity index (χ2v) is 5.56. The fraction of sp³-hybridized carbons (Fsp3) is 0.118. The average molecular weight is 306 g/mol. The largest absolute Gasteiger partial charge is 1.00 e. The van der Waals surface area contributed by atoms with Gasteiger partial charge in [0.15, 0.2) is 0 Å². The number of rotatable bonds is 2. The number of thiophene rings is 1. The van der Waals surface area contributed by atoms with Crippen LogP contribution in [0.15, 0.2) is 60.0 Å². The van der Waals surface area contributed by atoms with Gasteiger partial charge in [0.05, 0.1) is 0 Å². The fourth-order valence-electron chi connectivity index (χ4n) is 1.96. The van der Waals surface area contributed by atoms with E-state index in [1.165, 1.54) is 4.88 Å². The van der Waals surface area contributed by atoms with Crippen LogP contribution >= 0.6 is 11.3 Å². The molecule has 0 aliphatic carbocycles. The van der Waals surface area contributed by atoms with Crippen molar-refractivity contribution in [2.45, 2.75) is 13.3 Å². The summed E-state index contributed by atoms with van der Waals surface area (Å²) in [6, 6.07) is 17.5. The molecule has 0 saturated heterocycles. The van der Waals surface area contributed by atoms with Gasteiger partial charge in [0, 0.05) is 17.3 Å². The monoisotopic (exact) mass is 306 g/mol. The summed E-state index contributed by atoms with van der Waals surface area (Å²) >= 11 is 1.78. The molecule has 0 unspecified atom stereocenters. The van der Waals surface area contributed by atoms with Crippen LogP contribution in [0.3, 0.4) is 0 Å². The van der Waals surface area contributed by atoms with Crippen LogP contribution in [0.2, 0.25) is 0 Å². The Morgan fingerprint density at radius 2 is 1.76 bits per heavy atom. The standard InChI is InChI=1S/C12H10O2.C5H6S.Na/c13-12(14)8-10-6-3-5-9-4-1-2-7-11(9)10;1-5-3-2-4-6-5;/h1-7H,8H2,(H,13,14);2-4H,1H3;/q;;+1/p-1. The van der Waals surface area contributed by atoms with E-state index in [0.29, 0.717) is 0 Å². The van der Waals surface area contributed by atoms with Crippen LogP contribution in [0.5, 0.6) is 0 Å². The molecule has 102 valence electrons. The molecule has 0 saturated carbocycles. The van der Waals surface area contributed by atoms with Crippen molar-refractivity contribution in [2.75, 3.05) is 0 Å². The molecule has 0 amide bonds. The molecule has 3 rings (SSSR count). The van der Waals surface area contributed by atoms with Crippen molar-refractivity contribution in [3.8, 4) is 0 Å². The summed E-state index contributed by atoms with van der Waals surface area (Å²) < 4.78 is 0. The van der Waals surface area contributed by atoms with Crippen molar-refractivity contribution in [1.82, 2.24) is 0 Å². The number of benzene rings is 2. The third-order valence-electron chi connectivity index (χ3n) is 2.88. The number of carbonyl (C=O) groups is 1. The Bertz CT molecular complexity index is 688. The summed E-state index contributed by atoms with van der Waals surface area (Å²) in [4.78, 5) is 11.9. The number of hydrogen-bond donors (Lipinski definition) is 0. The van der Waals surface area contributed by atoms with Gasteiger partial charge in [-0.05, 0) is 34.7 Å². The number of carboxylic acids is 1. The molecule has 0 fully saturated rings. The van der Waals surface area contributed by atoms with E-state index >= 15 is 0 Å². The smallest absolute Gasteiger partial charge is 0.550 e. The van der Waals surface area contributed by atoms with E-state index in [2.05, 4.69) is 24.4 Å². The molecule has 4 heteroatoms. The van der Waals surface area contributed by atoms with E-state index in [1.807, 2.05) is 42.5 Å². The van der Waals surface area contributed by atoms with Crippen molar-refractivity contribution >= 4 is 28.1 Å². The molecule has 3 aromatic rings. The summed E-state index contributed by atoms with van der Waals surface area (Å²) in [5.74, 6) is -1.04. The summed E-state index contributed by atoms with van der Waals surface area (Å²) in [6.07, 6.45) is -0.0264. The first kappa shape index (κ1) is 17.9. The first-order valence-corrected chi connectivity index (χ1v) is 7.21. The van der Waals surface area contributed by atoms with Crippen LogP contribution in [0.1, 0.15) is 10.4 Å². The molecule has 0 atom stereocenters. The molecule has 1 aromatic heterocycles. The predicted molar refractivity (Wildman–Crippen MR) is 81.7 cm³/mol. The number of aryl methyl sites for hydroxylation is 1. The Hall–Kier alpha value is -1.13. The minimum Gasteiger partial charge on any atom is -0.550 e. The minimum absolute atomic E-state index is 0. The van der Waals surface area contributed by atoms with Gasteiger partial charge in [0.1, 0.15) is 0 Å². The van der Waals surface area contributed by atoms with Gasteiger partial charge in [0.2, 0.25) is 0 Å². The zero-order chi connectivity index (χ0) is 14.4. The Kier molecular flexibility index (Phi) is 7.68. The summed E-state index contributed by atoms with van der Waals surface area (Å²) in [5, 5.41) is 14.6. The second-order valence-electron chi connectivity index (χ2n) is 4.41. The maximum atomic E-state index is 10.5. The molecule has 2 aromatic carbocycles. The van der Waals surface area contributed by atoms with Crippen molar-refractivity contribution in [1.29, 1.82) is 0 Å². The van der Waals surface area contributed by atoms with Gasteiger partial charge >= 0.3 is 29.6 Å². The van der Waals surface area contributed by atoms with Crippen LogP contribution in [-0.4, -0.2) is 5.97 Å². The molecule has 0 aliphatic rings. The average Bonchev–Trinajstić information content (AvgIpc) is 2.90. The third kappa shape index (κ3) is 5.64. The maximum absolute atomic E-state index is 10.5. The van der Waals surface area contributed by atoms with Gasteiger partial charge in [-0.2, -0.15) is 0 Å². The summed E-state index contributed by atoms with van der Waals surface area (Å²) in [7, 11) is 0. The molecule has 21 heavy (non-hydrogen) atoms. The summed E-state index contributed by atoms with van der Waals surface area (Å²) in [6.45, 7) is 2.10.